The number of hydrogen-bond donors (Lipinski definition) is 1. The first-order valence-electron chi connectivity index (χ1n) is 11.3. The predicted molar refractivity (Wildman–Crippen MR) is 136 cm³/mol. The Hall–Kier alpha value is -3.98. The van der Waals surface area contributed by atoms with Crippen LogP contribution < -0.4 is 20.3 Å². The van der Waals surface area contributed by atoms with E-state index in [9.17, 15) is 9.59 Å². The van der Waals surface area contributed by atoms with Crippen LogP contribution in [-0.2, 0) is 11.3 Å². The molecule has 0 spiro atoms. The van der Waals surface area contributed by atoms with Gasteiger partial charge in [0.15, 0.2) is 6.61 Å². The van der Waals surface area contributed by atoms with Crippen LogP contribution in [-0.4, -0.2) is 40.4 Å². The first-order chi connectivity index (χ1) is 17.0. The van der Waals surface area contributed by atoms with Crippen molar-refractivity contribution in [3.8, 4) is 32.6 Å². The Kier molecular flexibility index (Phi) is 7.89. The summed E-state index contributed by atoms with van der Waals surface area (Å²) in [6.45, 7) is 4.79. The molecule has 0 saturated carbocycles. The average molecular weight is 491 g/mol. The molecule has 0 bridgehead atoms. The van der Waals surface area contributed by atoms with Gasteiger partial charge in [-0.25, -0.2) is 9.67 Å². The van der Waals surface area contributed by atoms with Crippen LogP contribution in [0.5, 0.6) is 11.5 Å². The molecule has 35 heavy (non-hydrogen) atoms. The number of amides is 1. The van der Waals surface area contributed by atoms with E-state index < -0.39 is 0 Å². The lowest BCUT2D eigenvalue weighted by Gasteiger charge is -2.10. The number of ether oxygens (including phenoxy) is 2. The third-order valence-corrected chi connectivity index (χ3v) is 6.30. The monoisotopic (exact) mass is 490 g/mol. The number of carbonyl (C=O) groups is 1. The standard InChI is InChI=1S/C26H26N4O4S/c1-3-33-20-9-11-21(12-10-20)34-17-23(31)27-15-16-30-24(32)14-13-22(29-30)25-18(2)28-26(35-25)19-7-5-4-6-8-19/h4-14H,3,15-17H2,1-2H3,(H,27,31). The topological polar surface area (TPSA) is 95.3 Å². The smallest absolute Gasteiger partial charge is 0.266 e. The van der Waals surface area contributed by atoms with Gasteiger partial charge in [0.05, 0.1) is 23.7 Å². The second-order valence-electron chi connectivity index (χ2n) is 7.62. The zero-order valence-corrected chi connectivity index (χ0v) is 20.4. The highest BCUT2D eigenvalue weighted by Gasteiger charge is 2.14. The van der Waals surface area contributed by atoms with Gasteiger partial charge in [0.2, 0.25) is 0 Å². The minimum absolute atomic E-state index is 0.126. The fourth-order valence-corrected chi connectivity index (χ4v) is 4.41. The third-order valence-electron chi connectivity index (χ3n) is 5.07. The molecule has 2 aromatic heterocycles. The third kappa shape index (κ3) is 6.33. The summed E-state index contributed by atoms with van der Waals surface area (Å²) in [6, 6.07) is 20.2. The Bertz CT molecular complexity index is 1330. The summed E-state index contributed by atoms with van der Waals surface area (Å²) in [5.74, 6) is 1.03. The van der Waals surface area contributed by atoms with E-state index in [1.807, 2.05) is 44.2 Å². The zero-order valence-electron chi connectivity index (χ0n) is 19.6. The van der Waals surface area contributed by atoms with Crippen LogP contribution in [0.25, 0.3) is 21.1 Å². The molecule has 8 nitrogen and oxygen atoms in total. The number of benzene rings is 2. The molecular weight excluding hydrogens is 464 g/mol. The van der Waals surface area contributed by atoms with Crippen molar-refractivity contribution < 1.29 is 14.3 Å². The van der Waals surface area contributed by atoms with E-state index in [0.29, 0.717) is 18.1 Å². The first kappa shape index (κ1) is 24.2. The van der Waals surface area contributed by atoms with Crippen LogP contribution >= 0.6 is 11.3 Å². The highest BCUT2D eigenvalue weighted by atomic mass is 32.1. The normalized spacial score (nSPS) is 10.7. The largest absolute Gasteiger partial charge is 0.494 e. The van der Waals surface area contributed by atoms with Gasteiger partial charge >= 0.3 is 0 Å². The van der Waals surface area contributed by atoms with E-state index >= 15 is 0 Å². The average Bonchev–Trinajstić information content (AvgIpc) is 3.27. The number of nitrogens with one attached hydrogen (secondary N) is 1. The summed E-state index contributed by atoms with van der Waals surface area (Å²) < 4.78 is 12.2. The minimum atomic E-state index is -0.283. The number of rotatable bonds is 10. The molecule has 0 aliphatic rings. The van der Waals surface area contributed by atoms with Crippen molar-refractivity contribution in [3.05, 3.63) is 82.8 Å². The molecule has 1 N–H and O–H groups in total. The highest BCUT2D eigenvalue weighted by Crippen LogP contribution is 2.33. The lowest BCUT2D eigenvalue weighted by Crippen LogP contribution is -2.34. The Morgan fingerprint density at radius 2 is 1.71 bits per heavy atom. The van der Waals surface area contributed by atoms with E-state index in [2.05, 4.69) is 15.4 Å². The lowest BCUT2D eigenvalue weighted by atomic mass is 10.2. The summed E-state index contributed by atoms with van der Waals surface area (Å²) in [5.41, 5.74) is 2.33. The van der Waals surface area contributed by atoms with Crippen molar-refractivity contribution in [2.45, 2.75) is 20.4 Å². The van der Waals surface area contributed by atoms with Crippen molar-refractivity contribution in [3.63, 3.8) is 0 Å². The van der Waals surface area contributed by atoms with E-state index in [-0.39, 0.29) is 31.2 Å². The van der Waals surface area contributed by atoms with Gasteiger partial charge in [-0.05, 0) is 44.2 Å². The van der Waals surface area contributed by atoms with E-state index in [0.717, 1.165) is 26.9 Å². The summed E-state index contributed by atoms with van der Waals surface area (Å²) in [6.07, 6.45) is 0. The molecule has 0 aliphatic carbocycles. The van der Waals surface area contributed by atoms with Gasteiger partial charge < -0.3 is 14.8 Å². The number of thiazole rings is 1. The van der Waals surface area contributed by atoms with Crippen molar-refractivity contribution >= 4 is 17.2 Å². The molecule has 180 valence electrons. The maximum Gasteiger partial charge on any atom is 0.266 e. The van der Waals surface area contributed by atoms with Gasteiger partial charge in [-0.2, -0.15) is 5.10 Å². The van der Waals surface area contributed by atoms with Gasteiger partial charge in [-0.3, -0.25) is 9.59 Å². The van der Waals surface area contributed by atoms with E-state index in [1.165, 1.54) is 22.1 Å². The van der Waals surface area contributed by atoms with E-state index in [4.69, 9.17) is 9.47 Å². The molecule has 0 aliphatic heterocycles. The maximum absolute atomic E-state index is 12.3. The fourth-order valence-electron chi connectivity index (χ4n) is 3.37. The second-order valence-corrected chi connectivity index (χ2v) is 8.62. The van der Waals surface area contributed by atoms with Crippen molar-refractivity contribution in [2.75, 3.05) is 19.8 Å². The molecule has 0 unspecified atom stereocenters. The molecule has 0 atom stereocenters. The molecule has 9 heteroatoms. The molecule has 4 aromatic rings. The van der Waals surface area contributed by atoms with Crippen LogP contribution in [0.3, 0.4) is 0 Å². The number of carbonyl (C=O) groups excluding carboxylic acids is 1. The van der Waals surface area contributed by atoms with Crippen LogP contribution in [0.15, 0.2) is 71.5 Å². The predicted octanol–water partition coefficient (Wildman–Crippen LogP) is 3.94. The van der Waals surface area contributed by atoms with Crippen molar-refractivity contribution in [1.82, 2.24) is 20.1 Å². The quantitative estimate of drug-likeness (QED) is 0.362. The summed E-state index contributed by atoms with van der Waals surface area (Å²) in [7, 11) is 0. The summed E-state index contributed by atoms with van der Waals surface area (Å²) in [4.78, 5) is 30.0. The highest BCUT2D eigenvalue weighted by molar-refractivity contribution is 7.18. The van der Waals surface area contributed by atoms with Crippen molar-refractivity contribution in [1.29, 1.82) is 0 Å². The Morgan fingerprint density at radius 3 is 2.43 bits per heavy atom. The second kappa shape index (κ2) is 11.4. The molecule has 1 amide bonds. The van der Waals surface area contributed by atoms with Gasteiger partial charge in [-0.15, -0.1) is 11.3 Å². The molecule has 0 radical (unpaired) electrons. The van der Waals surface area contributed by atoms with Crippen LogP contribution in [0.2, 0.25) is 0 Å². The minimum Gasteiger partial charge on any atom is -0.494 e. The Labute approximate surface area is 207 Å². The lowest BCUT2D eigenvalue weighted by molar-refractivity contribution is -0.123. The zero-order chi connectivity index (χ0) is 24.6. The maximum atomic E-state index is 12.3. The first-order valence-corrected chi connectivity index (χ1v) is 12.1. The molecular formula is C26H26N4O4S. The van der Waals surface area contributed by atoms with Gasteiger partial charge in [0, 0.05) is 18.2 Å². The Morgan fingerprint density at radius 1 is 1.00 bits per heavy atom. The molecule has 0 saturated heterocycles. The van der Waals surface area contributed by atoms with Gasteiger partial charge in [0.25, 0.3) is 11.5 Å². The van der Waals surface area contributed by atoms with Crippen LogP contribution in [0, 0.1) is 6.92 Å². The van der Waals surface area contributed by atoms with Crippen LogP contribution in [0.1, 0.15) is 12.6 Å². The van der Waals surface area contributed by atoms with Gasteiger partial charge in [0.1, 0.15) is 22.2 Å². The number of aromatic nitrogens is 3. The number of hydrogen-bond acceptors (Lipinski definition) is 7. The van der Waals surface area contributed by atoms with E-state index in [1.54, 1.807) is 30.3 Å². The molecule has 0 fully saturated rings. The fraction of sp³-hybridized carbons (Fsp3) is 0.231. The van der Waals surface area contributed by atoms with Crippen molar-refractivity contribution in [2.24, 2.45) is 0 Å². The van der Waals surface area contributed by atoms with Gasteiger partial charge in [-0.1, -0.05) is 30.3 Å². The van der Waals surface area contributed by atoms with Crippen LogP contribution in [0.4, 0.5) is 0 Å². The molecule has 2 heterocycles. The molecule has 2 aromatic carbocycles. The summed E-state index contributed by atoms with van der Waals surface area (Å²) >= 11 is 1.53. The molecule has 4 rings (SSSR count). The number of aryl methyl sites for hydroxylation is 1. The number of nitrogens with zero attached hydrogens (tertiary/aromatic N) is 3. The Balaban J connectivity index is 1.34. The summed E-state index contributed by atoms with van der Waals surface area (Å²) in [5, 5.41) is 8.16. The SMILES string of the molecule is CCOc1ccc(OCC(=O)NCCn2nc(-c3sc(-c4ccccc4)nc3C)ccc2=O)cc1.